The molecule has 3 atom stereocenters. The fourth-order valence-electron chi connectivity index (χ4n) is 4.40. The lowest BCUT2D eigenvalue weighted by Crippen LogP contribution is -2.40. The van der Waals surface area contributed by atoms with Gasteiger partial charge in [-0.2, -0.15) is 0 Å². The quantitative estimate of drug-likeness (QED) is 0.912. The predicted molar refractivity (Wildman–Crippen MR) is 84.9 cm³/mol. The van der Waals surface area contributed by atoms with E-state index in [-0.39, 0.29) is 0 Å². The second-order valence-corrected chi connectivity index (χ2v) is 6.72. The van der Waals surface area contributed by atoms with Crippen LogP contribution in [0.4, 0.5) is 0 Å². The Hall–Kier alpha value is -0.860. The Morgan fingerprint density at radius 3 is 2.85 bits per heavy atom. The number of nitrogens with zero attached hydrogens (tertiary/aromatic N) is 1. The highest BCUT2D eigenvalue weighted by Gasteiger charge is 2.31. The Kier molecular flexibility index (Phi) is 4.42. The van der Waals surface area contributed by atoms with E-state index in [2.05, 4.69) is 36.2 Å². The number of rotatable bonds is 4. The molecule has 1 aromatic carbocycles. The lowest BCUT2D eigenvalue weighted by Gasteiger charge is -2.34. The fourth-order valence-corrected chi connectivity index (χ4v) is 4.40. The van der Waals surface area contributed by atoms with Crippen LogP contribution in [0, 0.1) is 5.92 Å². The second kappa shape index (κ2) is 6.28. The fraction of sp³-hybridized carbons (Fsp3) is 0.667. The Labute approximate surface area is 123 Å². The molecule has 1 saturated carbocycles. The van der Waals surface area contributed by atoms with E-state index in [1.54, 1.807) is 11.1 Å². The van der Waals surface area contributed by atoms with E-state index in [1.165, 1.54) is 45.1 Å². The molecule has 2 heteroatoms. The lowest BCUT2D eigenvalue weighted by atomic mass is 9.82. The minimum absolute atomic E-state index is 0.717. The summed E-state index contributed by atoms with van der Waals surface area (Å²) in [6.07, 6.45) is 7.99. The average molecular weight is 272 g/mol. The van der Waals surface area contributed by atoms with Crippen molar-refractivity contribution in [1.82, 2.24) is 4.90 Å². The number of aryl methyl sites for hydroxylation is 1. The first-order valence-electron chi connectivity index (χ1n) is 8.27. The van der Waals surface area contributed by atoms with Crippen LogP contribution in [0.3, 0.4) is 0 Å². The highest BCUT2D eigenvalue weighted by Crippen LogP contribution is 2.34. The number of hydrogen-bond acceptors (Lipinski definition) is 2. The molecule has 0 radical (unpaired) electrons. The van der Waals surface area contributed by atoms with Gasteiger partial charge in [0.25, 0.3) is 0 Å². The van der Waals surface area contributed by atoms with Crippen LogP contribution in [0.2, 0.25) is 0 Å². The molecule has 0 spiro atoms. The minimum atomic E-state index is 0.717. The maximum atomic E-state index is 5.95. The lowest BCUT2D eigenvalue weighted by molar-refractivity contribution is 0.184. The van der Waals surface area contributed by atoms with E-state index in [0.717, 1.165) is 18.4 Å². The van der Waals surface area contributed by atoms with Crippen LogP contribution in [0.5, 0.6) is 0 Å². The summed E-state index contributed by atoms with van der Waals surface area (Å²) in [5.74, 6) is 1.45. The molecule has 2 nitrogen and oxygen atoms in total. The number of fused-ring (bicyclic) bond motifs is 1. The average Bonchev–Trinajstić information content (AvgIpc) is 2.96. The Bertz CT molecular complexity index is 443. The van der Waals surface area contributed by atoms with E-state index in [9.17, 15) is 0 Å². The highest BCUT2D eigenvalue weighted by atomic mass is 15.1. The molecule has 110 valence electrons. The van der Waals surface area contributed by atoms with Gasteiger partial charge >= 0.3 is 0 Å². The zero-order valence-corrected chi connectivity index (χ0v) is 12.7. The normalized spacial score (nSPS) is 29.6. The first-order valence-corrected chi connectivity index (χ1v) is 8.27. The standard InChI is InChI=1S/C18H28N2/c1-20(18-11-5-8-15(18)12-19)13-16-9-4-7-14-6-2-3-10-17(14)16/h2-3,6,10,15-16,18H,4-5,7-9,11-13,19H2,1H3. The first-order chi connectivity index (χ1) is 9.79. The topological polar surface area (TPSA) is 29.3 Å². The van der Waals surface area contributed by atoms with Crippen molar-refractivity contribution in [2.24, 2.45) is 11.7 Å². The molecule has 0 saturated heterocycles. The van der Waals surface area contributed by atoms with Crippen LogP contribution in [0.25, 0.3) is 0 Å². The molecular formula is C18H28N2. The molecule has 1 fully saturated rings. The maximum absolute atomic E-state index is 5.95. The summed E-state index contributed by atoms with van der Waals surface area (Å²) in [6.45, 7) is 2.06. The molecule has 2 aliphatic carbocycles. The molecule has 0 aliphatic heterocycles. The number of nitrogens with two attached hydrogens (primary N) is 1. The van der Waals surface area contributed by atoms with Crippen LogP contribution in [0.15, 0.2) is 24.3 Å². The van der Waals surface area contributed by atoms with Crippen LogP contribution < -0.4 is 5.73 Å². The Morgan fingerprint density at radius 1 is 1.15 bits per heavy atom. The molecule has 2 aliphatic rings. The molecule has 20 heavy (non-hydrogen) atoms. The van der Waals surface area contributed by atoms with Crippen molar-refractivity contribution in [3.05, 3.63) is 35.4 Å². The Balaban J connectivity index is 1.69. The van der Waals surface area contributed by atoms with Gasteiger partial charge in [-0.3, -0.25) is 0 Å². The zero-order chi connectivity index (χ0) is 13.9. The van der Waals surface area contributed by atoms with E-state index < -0.39 is 0 Å². The minimum Gasteiger partial charge on any atom is -0.330 e. The van der Waals surface area contributed by atoms with Gasteiger partial charge in [-0.25, -0.2) is 0 Å². The predicted octanol–water partition coefficient (Wildman–Crippen LogP) is 3.17. The summed E-state index contributed by atoms with van der Waals surface area (Å²) in [5, 5.41) is 0. The molecule has 0 heterocycles. The van der Waals surface area contributed by atoms with Crippen molar-refractivity contribution in [3.63, 3.8) is 0 Å². The summed E-state index contributed by atoms with van der Waals surface area (Å²) < 4.78 is 0. The van der Waals surface area contributed by atoms with Gasteiger partial charge < -0.3 is 10.6 Å². The second-order valence-electron chi connectivity index (χ2n) is 6.72. The van der Waals surface area contributed by atoms with Gasteiger partial charge in [0, 0.05) is 12.6 Å². The molecule has 0 aromatic heterocycles. The van der Waals surface area contributed by atoms with Crippen LogP contribution >= 0.6 is 0 Å². The van der Waals surface area contributed by atoms with Crippen molar-refractivity contribution in [3.8, 4) is 0 Å². The van der Waals surface area contributed by atoms with Crippen LogP contribution in [-0.4, -0.2) is 31.1 Å². The van der Waals surface area contributed by atoms with Gasteiger partial charge in [0.15, 0.2) is 0 Å². The third-order valence-electron chi connectivity index (χ3n) is 5.49. The molecule has 3 unspecified atom stereocenters. The van der Waals surface area contributed by atoms with Crippen molar-refractivity contribution >= 4 is 0 Å². The molecule has 0 amide bonds. The largest absolute Gasteiger partial charge is 0.330 e. The van der Waals surface area contributed by atoms with E-state index in [1.807, 2.05) is 0 Å². The van der Waals surface area contributed by atoms with Gasteiger partial charge in [0.05, 0.1) is 0 Å². The third-order valence-corrected chi connectivity index (χ3v) is 5.49. The number of likely N-dealkylation sites (N-methyl/N-ethyl adjacent to an activating group) is 1. The van der Waals surface area contributed by atoms with Crippen molar-refractivity contribution in [2.75, 3.05) is 20.1 Å². The summed E-state index contributed by atoms with van der Waals surface area (Å²) in [4.78, 5) is 2.61. The summed E-state index contributed by atoms with van der Waals surface area (Å²) in [5.41, 5.74) is 9.13. The summed E-state index contributed by atoms with van der Waals surface area (Å²) in [7, 11) is 2.32. The Morgan fingerprint density at radius 2 is 2.00 bits per heavy atom. The van der Waals surface area contributed by atoms with Gasteiger partial charge in [0.1, 0.15) is 0 Å². The number of benzene rings is 1. The number of hydrogen-bond donors (Lipinski definition) is 1. The summed E-state index contributed by atoms with van der Waals surface area (Å²) in [6, 6.07) is 9.78. The summed E-state index contributed by atoms with van der Waals surface area (Å²) >= 11 is 0. The van der Waals surface area contributed by atoms with E-state index in [4.69, 9.17) is 5.73 Å². The van der Waals surface area contributed by atoms with Gasteiger partial charge in [-0.15, -0.1) is 0 Å². The highest BCUT2D eigenvalue weighted by molar-refractivity contribution is 5.32. The van der Waals surface area contributed by atoms with Crippen molar-refractivity contribution in [2.45, 2.75) is 50.5 Å². The molecule has 1 aromatic rings. The van der Waals surface area contributed by atoms with Gasteiger partial charge in [0.2, 0.25) is 0 Å². The molecule has 3 rings (SSSR count). The van der Waals surface area contributed by atoms with E-state index in [0.29, 0.717) is 6.04 Å². The van der Waals surface area contributed by atoms with Gasteiger partial charge in [-0.1, -0.05) is 30.7 Å². The third kappa shape index (κ3) is 2.77. The monoisotopic (exact) mass is 272 g/mol. The van der Waals surface area contributed by atoms with Crippen LogP contribution in [0.1, 0.15) is 49.1 Å². The smallest absolute Gasteiger partial charge is 0.0133 e. The molecular weight excluding hydrogens is 244 g/mol. The maximum Gasteiger partial charge on any atom is 0.0133 e. The van der Waals surface area contributed by atoms with Crippen molar-refractivity contribution < 1.29 is 0 Å². The molecule has 0 bridgehead atoms. The van der Waals surface area contributed by atoms with Crippen LogP contribution in [-0.2, 0) is 6.42 Å². The molecule has 2 N–H and O–H groups in total. The first kappa shape index (κ1) is 14.1. The van der Waals surface area contributed by atoms with Gasteiger partial charge in [-0.05, 0) is 68.7 Å². The SMILES string of the molecule is CN(CC1CCCc2ccccc21)C1CCCC1CN. The van der Waals surface area contributed by atoms with E-state index >= 15 is 0 Å². The zero-order valence-electron chi connectivity index (χ0n) is 12.7. The van der Waals surface area contributed by atoms with Crippen molar-refractivity contribution in [1.29, 1.82) is 0 Å².